The van der Waals surface area contributed by atoms with E-state index in [2.05, 4.69) is 150 Å². The second-order valence-electron chi connectivity index (χ2n) is 13.3. The molecular weight excluding hydrogens is 639 g/mol. The molecule has 0 radical (unpaired) electrons. The maximum atomic E-state index is 6.82. The fourth-order valence-electron chi connectivity index (χ4n) is 7.84. The molecule has 0 bridgehead atoms. The Morgan fingerprint density at radius 2 is 0.750 bits per heavy atom. The molecule has 0 saturated heterocycles. The highest BCUT2D eigenvalue weighted by Gasteiger charge is 2.19. The van der Waals surface area contributed by atoms with Crippen LogP contribution >= 0.6 is 0 Å². The third kappa shape index (κ3) is 4.41. The van der Waals surface area contributed by atoms with Gasteiger partial charge >= 0.3 is 0 Å². The molecule has 0 N–H and O–H groups in total. The van der Waals surface area contributed by atoms with E-state index in [0.29, 0.717) is 0 Å². The average Bonchev–Trinajstić information content (AvgIpc) is 3.89. The molecule has 0 saturated carbocycles. The van der Waals surface area contributed by atoms with Crippen LogP contribution in [0.4, 0.5) is 17.1 Å². The van der Waals surface area contributed by atoms with Gasteiger partial charge in [-0.2, -0.15) is 0 Å². The molecule has 0 aliphatic carbocycles. The van der Waals surface area contributed by atoms with Gasteiger partial charge in [0.05, 0.1) is 0 Å². The Morgan fingerprint density at radius 3 is 1.35 bits per heavy atom. The summed E-state index contributed by atoms with van der Waals surface area (Å²) in [6, 6.07) is 61.2. The predicted molar refractivity (Wildman–Crippen MR) is 214 cm³/mol. The first-order chi connectivity index (χ1) is 25.8. The van der Waals surface area contributed by atoms with E-state index in [-0.39, 0.29) is 0 Å². The fourth-order valence-corrected chi connectivity index (χ4v) is 7.84. The lowest BCUT2D eigenvalue weighted by molar-refractivity contribution is 0.668. The zero-order valence-electron chi connectivity index (χ0n) is 27.9. The number of para-hydroxylation sites is 5. The van der Waals surface area contributed by atoms with Crippen molar-refractivity contribution in [2.24, 2.45) is 0 Å². The largest absolute Gasteiger partial charge is 0.456 e. The van der Waals surface area contributed by atoms with Crippen molar-refractivity contribution in [2.75, 3.05) is 4.90 Å². The van der Waals surface area contributed by atoms with E-state index in [1.807, 2.05) is 30.3 Å². The van der Waals surface area contributed by atoms with Crippen LogP contribution < -0.4 is 4.90 Å². The van der Waals surface area contributed by atoms with Gasteiger partial charge in [0.15, 0.2) is 0 Å². The molecule has 0 atom stereocenters. The van der Waals surface area contributed by atoms with Gasteiger partial charge in [-0.15, -0.1) is 0 Å². The summed E-state index contributed by atoms with van der Waals surface area (Å²) in [4.78, 5) is 2.25. The first kappa shape index (κ1) is 28.8. The number of benzene rings is 8. The van der Waals surface area contributed by atoms with Crippen LogP contribution in [0.5, 0.6) is 0 Å². The number of hydrogen-bond acceptors (Lipinski definition) is 4. The van der Waals surface area contributed by atoms with Crippen LogP contribution in [0.2, 0.25) is 0 Å². The van der Waals surface area contributed by atoms with E-state index < -0.39 is 0 Å². The molecule has 3 aromatic heterocycles. The van der Waals surface area contributed by atoms with E-state index in [4.69, 9.17) is 13.3 Å². The summed E-state index contributed by atoms with van der Waals surface area (Å²) >= 11 is 0. The summed E-state index contributed by atoms with van der Waals surface area (Å²) in [5, 5.41) is 6.56. The topological polar surface area (TPSA) is 42.7 Å². The van der Waals surface area contributed by atoms with Crippen LogP contribution in [-0.4, -0.2) is 0 Å². The van der Waals surface area contributed by atoms with Gasteiger partial charge in [-0.25, -0.2) is 0 Å². The van der Waals surface area contributed by atoms with Crippen molar-refractivity contribution in [1.82, 2.24) is 0 Å². The number of rotatable bonds is 5. The molecule has 0 aliphatic heterocycles. The van der Waals surface area contributed by atoms with Crippen molar-refractivity contribution in [1.29, 1.82) is 0 Å². The smallest absolute Gasteiger partial charge is 0.143 e. The number of hydrogen-bond donors (Lipinski definition) is 0. The fraction of sp³-hybridized carbons (Fsp3) is 0. The SMILES string of the molecule is c1ccc(N(c2ccccc2)c2ccc3c(c2)oc2cc(-c4cccc5c4oc4c(-c6ccc7c(c6)oc6ccccc67)cccc45)ccc23)cc1. The lowest BCUT2D eigenvalue weighted by atomic mass is 9.99. The number of fused-ring (bicyclic) bond motifs is 9. The highest BCUT2D eigenvalue weighted by atomic mass is 16.3. The van der Waals surface area contributed by atoms with Crippen LogP contribution in [0.15, 0.2) is 189 Å². The molecule has 4 nitrogen and oxygen atoms in total. The van der Waals surface area contributed by atoms with Crippen molar-refractivity contribution < 1.29 is 13.3 Å². The van der Waals surface area contributed by atoms with E-state index in [0.717, 1.165) is 105 Å². The maximum absolute atomic E-state index is 6.82. The number of nitrogens with zero attached hydrogens (tertiary/aromatic N) is 1. The van der Waals surface area contributed by atoms with E-state index in [9.17, 15) is 0 Å². The number of furan rings is 3. The molecular formula is C48H29NO3. The minimum absolute atomic E-state index is 0.837. The molecule has 0 aliphatic rings. The summed E-state index contributed by atoms with van der Waals surface area (Å²) in [7, 11) is 0. The van der Waals surface area contributed by atoms with Crippen molar-refractivity contribution in [3.63, 3.8) is 0 Å². The Morgan fingerprint density at radius 1 is 0.288 bits per heavy atom. The van der Waals surface area contributed by atoms with Gasteiger partial charge in [-0.05, 0) is 77.9 Å². The lowest BCUT2D eigenvalue weighted by Crippen LogP contribution is -2.09. The zero-order chi connectivity index (χ0) is 34.2. The van der Waals surface area contributed by atoms with Gasteiger partial charge < -0.3 is 18.2 Å². The normalized spacial score (nSPS) is 11.8. The standard InChI is InChI=1S/C48H29NO3/c1-3-11-32(12-4-1)49(33-13-5-2-6-14-33)34-23-26-40-39-25-22-31(28-45(39)51-46(40)29-34)36-17-10-19-42-41-18-9-16-35(47(41)52-48(36)42)30-21-24-38-37-15-7-8-20-43(37)50-44(38)27-30/h1-29H. The van der Waals surface area contributed by atoms with Gasteiger partial charge in [-0.3, -0.25) is 0 Å². The van der Waals surface area contributed by atoms with Crippen LogP contribution in [0.3, 0.4) is 0 Å². The third-order valence-corrected chi connectivity index (χ3v) is 10.3. The van der Waals surface area contributed by atoms with Gasteiger partial charge in [0.1, 0.15) is 33.5 Å². The van der Waals surface area contributed by atoms with E-state index in [1.165, 1.54) is 0 Å². The van der Waals surface area contributed by atoms with Crippen LogP contribution in [0.1, 0.15) is 0 Å². The Labute approximate surface area is 298 Å². The van der Waals surface area contributed by atoms with Gasteiger partial charge in [-0.1, -0.05) is 103 Å². The van der Waals surface area contributed by atoms with E-state index in [1.54, 1.807) is 0 Å². The Hall–Kier alpha value is -7.04. The summed E-state index contributed by atoms with van der Waals surface area (Å²) in [5.74, 6) is 0. The quantitative estimate of drug-likeness (QED) is 0.183. The Balaban J connectivity index is 1.02. The van der Waals surface area contributed by atoms with Crippen molar-refractivity contribution in [3.05, 3.63) is 176 Å². The van der Waals surface area contributed by atoms with Crippen LogP contribution in [0.25, 0.3) is 88.1 Å². The highest BCUT2D eigenvalue weighted by Crippen LogP contribution is 2.43. The van der Waals surface area contributed by atoms with Crippen molar-refractivity contribution >= 4 is 82.9 Å². The minimum Gasteiger partial charge on any atom is -0.456 e. The maximum Gasteiger partial charge on any atom is 0.143 e. The molecule has 244 valence electrons. The third-order valence-electron chi connectivity index (χ3n) is 10.3. The zero-order valence-corrected chi connectivity index (χ0v) is 27.9. The van der Waals surface area contributed by atoms with E-state index >= 15 is 0 Å². The average molecular weight is 668 g/mol. The predicted octanol–water partition coefficient (Wildman–Crippen LogP) is 14.2. The first-order valence-electron chi connectivity index (χ1n) is 17.5. The molecule has 4 heteroatoms. The van der Waals surface area contributed by atoms with Gasteiger partial charge in [0.2, 0.25) is 0 Å². The van der Waals surface area contributed by atoms with Gasteiger partial charge in [0.25, 0.3) is 0 Å². The second kappa shape index (κ2) is 11.2. The molecule has 3 heterocycles. The van der Waals surface area contributed by atoms with Crippen LogP contribution in [0, 0.1) is 0 Å². The number of anilines is 3. The van der Waals surface area contributed by atoms with Crippen molar-refractivity contribution in [2.45, 2.75) is 0 Å². The Bertz CT molecular complexity index is 3090. The Kier molecular flexibility index (Phi) is 6.22. The molecule has 52 heavy (non-hydrogen) atoms. The molecule has 0 spiro atoms. The molecule has 0 unspecified atom stereocenters. The summed E-state index contributed by atoms with van der Waals surface area (Å²) in [5.41, 5.74) is 12.5. The van der Waals surface area contributed by atoms with Crippen LogP contribution in [-0.2, 0) is 0 Å². The molecule has 11 rings (SSSR count). The summed E-state index contributed by atoms with van der Waals surface area (Å²) in [6.07, 6.45) is 0. The molecule has 0 fully saturated rings. The molecule has 0 amide bonds. The minimum atomic E-state index is 0.837. The molecule has 8 aromatic carbocycles. The second-order valence-corrected chi connectivity index (χ2v) is 13.3. The monoisotopic (exact) mass is 667 g/mol. The lowest BCUT2D eigenvalue weighted by Gasteiger charge is -2.25. The summed E-state index contributed by atoms with van der Waals surface area (Å²) < 4.78 is 19.7. The molecule has 11 aromatic rings. The summed E-state index contributed by atoms with van der Waals surface area (Å²) in [6.45, 7) is 0. The van der Waals surface area contributed by atoms with Gasteiger partial charge in [0, 0.05) is 66.6 Å². The first-order valence-corrected chi connectivity index (χ1v) is 17.5. The van der Waals surface area contributed by atoms with Crippen molar-refractivity contribution in [3.8, 4) is 22.3 Å². The highest BCUT2D eigenvalue weighted by molar-refractivity contribution is 6.15.